The van der Waals surface area contributed by atoms with E-state index in [0.717, 1.165) is 0 Å². The molecular formula is C20H25N7O7. The van der Waals surface area contributed by atoms with Crippen molar-refractivity contribution in [3.63, 3.8) is 0 Å². The lowest BCUT2D eigenvalue weighted by molar-refractivity contribution is -0.140. The summed E-state index contributed by atoms with van der Waals surface area (Å²) < 4.78 is 0. The number of benzene rings is 1. The van der Waals surface area contributed by atoms with Crippen LogP contribution in [-0.4, -0.2) is 88.6 Å². The van der Waals surface area contributed by atoms with Crippen molar-refractivity contribution in [1.29, 1.82) is 0 Å². The number of hydrogen-bond acceptors (Lipinski definition) is 9. The largest absolute Gasteiger partial charge is 0.481 e. The van der Waals surface area contributed by atoms with E-state index in [2.05, 4.69) is 26.3 Å². The van der Waals surface area contributed by atoms with Crippen LogP contribution in [0.15, 0.2) is 29.3 Å². The molecule has 2 heterocycles. The second kappa shape index (κ2) is 10.6. The average Bonchev–Trinajstić information content (AvgIpc) is 2.79. The van der Waals surface area contributed by atoms with E-state index in [1.54, 1.807) is 12.1 Å². The molecule has 3 amide bonds. The number of carbonyl (C=O) groups is 5. The Morgan fingerprint density at radius 2 is 1.97 bits per heavy atom. The maximum atomic E-state index is 12.3. The minimum atomic E-state index is -1.32. The van der Waals surface area contributed by atoms with Crippen molar-refractivity contribution in [3.05, 3.63) is 29.8 Å². The second-order valence-corrected chi connectivity index (χ2v) is 7.76. The molecule has 0 aliphatic carbocycles. The van der Waals surface area contributed by atoms with Gasteiger partial charge in [0.15, 0.2) is 5.96 Å². The lowest BCUT2D eigenvalue weighted by Gasteiger charge is -2.44. The van der Waals surface area contributed by atoms with Crippen molar-refractivity contribution in [2.24, 2.45) is 10.7 Å². The molecule has 182 valence electrons. The van der Waals surface area contributed by atoms with Crippen LogP contribution < -0.4 is 27.0 Å². The van der Waals surface area contributed by atoms with Crippen molar-refractivity contribution in [2.45, 2.75) is 37.1 Å². The number of rotatable bonds is 10. The molecule has 1 saturated heterocycles. The third-order valence-corrected chi connectivity index (χ3v) is 5.46. The Morgan fingerprint density at radius 1 is 1.26 bits per heavy atom. The predicted octanol–water partition coefficient (Wildman–Crippen LogP) is -2.28. The Morgan fingerprint density at radius 3 is 2.59 bits per heavy atom. The fourth-order valence-electron chi connectivity index (χ4n) is 3.71. The molecule has 1 aromatic rings. The van der Waals surface area contributed by atoms with Crippen molar-refractivity contribution in [1.82, 2.24) is 20.9 Å². The van der Waals surface area contributed by atoms with Crippen LogP contribution in [0.3, 0.4) is 0 Å². The van der Waals surface area contributed by atoms with E-state index in [1.807, 2.05) is 0 Å². The van der Waals surface area contributed by atoms with Gasteiger partial charge in [0.2, 0.25) is 6.41 Å². The van der Waals surface area contributed by atoms with Crippen LogP contribution in [-0.2, 0) is 19.2 Å². The summed E-state index contributed by atoms with van der Waals surface area (Å²) >= 11 is 0. The standard InChI is InChI=1S/C20H25N7O7/c21-20-25-16-15(18(32)26-20)27(9-28)12(8-23-16)7-22-11-3-1-10(2-4-11)17(31)24-13(19(33)34)5-6-14(29)30/h1-4,9,12-13,15-16,22-23H,5-8H2,(H,24,31)(H,29,30)(H,33,34)(H3,21,25,26,32)/t12-,13-,15+,16-/m1/s1. The molecular weight excluding hydrogens is 450 g/mol. The number of nitrogens with zero attached hydrogens (tertiary/aromatic N) is 2. The van der Waals surface area contributed by atoms with Gasteiger partial charge in [-0.25, -0.2) is 9.79 Å². The van der Waals surface area contributed by atoms with Crippen molar-refractivity contribution >= 4 is 41.8 Å². The van der Waals surface area contributed by atoms with Gasteiger partial charge in [-0.2, -0.15) is 0 Å². The third kappa shape index (κ3) is 5.78. The molecule has 1 fully saturated rings. The molecule has 2 aliphatic rings. The van der Waals surface area contributed by atoms with Gasteiger partial charge < -0.3 is 31.5 Å². The summed E-state index contributed by atoms with van der Waals surface area (Å²) in [6.45, 7) is 0.660. The maximum absolute atomic E-state index is 12.3. The van der Waals surface area contributed by atoms with E-state index < -0.39 is 48.4 Å². The highest BCUT2D eigenvalue weighted by Crippen LogP contribution is 2.18. The molecule has 14 heteroatoms. The Balaban J connectivity index is 1.58. The van der Waals surface area contributed by atoms with Crippen molar-refractivity contribution < 1.29 is 34.2 Å². The number of carboxylic acid groups (broad SMARTS) is 2. The summed E-state index contributed by atoms with van der Waals surface area (Å²) in [7, 11) is 0. The number of fused-ring (bicyclic) bond motifs is 1. The zero-order valence-electron chi connectivity index (χ0n) is 17.9. The van der Waals surface area contributed by atoms with E-state index >= 15 is 0 Å². The van der Waals surface area contributed by atoms with Crippen molar-refractivity contribution in [2.75, 3.05) is 18.4 Å². The van der Waals surface area contributed by atoms with Crippen molar-refractivity contribution in [3.8, 4) is 0 Å². The van der Waals surface area contributed by atoms with Gasteiger partial charge in [0.1, 0.15) is 18.2 Å². The number of nitrogens with one attached hydrogen (secondary N) is 4. The highest BCUT2D eigenvalue weighted by atomic mass is 16.4. The quantitative estimate of drug-likeness (QED) is 0.180. The molecule has 1 aromatic carbocycles. The number of piperazine rings is 1. The van der Waals surface area contributed by atoms with Gasteiger partial charge in [-0.05, 0) is 30.7 Å². The topological polar surface area (TPSA) is 216 Å². The fraction of sp³-hybridized carbons (Fsp3) is 0.400. The van der Waals surface area contributed by atoms with Gasteiger partial charge in [-0.15, -0.1) is 0 Å². The second-order valence-electron chi connectivity index (χ2n) is 7.76. The first-order valence-corrected chi connectivity index (χ1v) is 10.4. The van der Waals surface area contributed by atoms with Crippen LogP contribution in [0.5, 0.6) is 0 Å². The summed E-state index contributed by atoms with van der Waals surface area (Å²) in [5, 5.41) is 28.8. The van der Waals surface area contributed by atoms with E-state index in [-0.39, 0.29) is 24.0 Å². The van der Waals surface area contributed by atoms with E-state index in [4.69, 9.17) is 10.8 Å². The SMILES string of the molecule is NC1=N[C@H]2NC[C@@H](CNc3ccc(C(=O)N[C@H](CCC(=O)O)C(=O)O)cc3)N(C=O)[C@@H]2C(=O)N1. The molecule has 0 saturated carbocycles. The lowest BCUT2D eigenvalue weighted by Crippen LogP contribution is -2.70. The molecule has 4 atom stereocenters. The number of carboxylic acids is 2. The summed E-state index contributed by atoms with van der Waals surface area (Å²) in [4.78, 5) is 63.7. The molecule has 0 bridgehead atoms. The molecule has 0 spiro atoms. The minimum absolute atomic E-state index is 0.0122. The molecule has 0 aromatic heterocycles. The Labute approximate surface area is 193 Å². The average molecular weight is 475 g/mol. The first-order chi connectivity index (χ1) is 16.2. The molecule has 14 nitrogen and oxygen atoms in total. The normalized spacial score (nSPS) is 22.5. The Hall–Kier alpha value is -4.20. The first kappa shape index (κ1) is 24.4. The minimum Gasteiger partial charge on any atom is -0.481 e. The van der Waals surface area contributed by atoms with Crippen LogP contribution in [0, 0.1) is 0 Å². The van der Waals surface area contributed by atoms with Crippen LogP contribution in [0.2, 0.25) is 0 Å². The van der Waals surface area contributed by atoms with Crippen LogP contribution in [0.4, 0.5) is 5.69 Å². The zero-order valence-corrected chi connectivity index (χ0v) is 17.9. The fourth-order valence-corrected chi connectivity index (χ4v) is 3.71. The molecule has 0 unspecified atom stereocenters. The van der Waals surface area contributed by atoms with Crippen LogP contribution in [0.1, 0.15) is 23.2 Å². The number of nitrogens with two attached hydrogens (primary N) is 1. The lowest BCUT2D eigenvalue weighted by atomic mass is 10.0. The third-order valence-electron chi connectivity index (χ3n) is 5.46. The summed E-state index contributed by atoms with van der Waals surface area (Å²) in [6.07, 6.45) is -0.663. The number of aliphatic carboxylic acids is 2. The number of aliphatic imine (C=N–C) groups is 1. The van der Waals surface area contributed by atoms with Gasteiger partial charge in [-0.1, -0.05) is 0 Å². The smallest absolute Gasteiger partial charge is 0.326 e. The number of amides is 3. The summed E-state index contributed by atoms with van der Waals surface area (Å²) in [5.41, 5.74) is 6.39. The Bertz CT molecular complexity index is 997. The highest BCUT2D eigenvalue weighted by molar-refractivity contribution is 6.02. The number of carbonyl (C=O) groups excluding carboxylic acids is 3. The van der Waals surface area contributed by atoms with Gasteiger partial charge in [0, 0.05) is 30.8 Å². The summed E-state index contributed by atoms with van der Waals surface area (Å²) in [5.74, 6) is -3.58. The molecule has 8 N–H and O–H groups in total. The van der Waals surface area contributed by atoms with E-state index in [9.17, 15) is 29.1 Å². The van der Waals surface area contributed by atoms with Gasteiger partial charge in [-0.3, -0.25) is 29.8 Å². The number of anilines is 1. The van der Waals surface area contributed by atoms with Crippen LogP contribution in [0.25, 0.3) is 0 Å². The zero-order chi connectivity index (χ0) is 24.8. The number of guanidine groups is 1. The maximum Gasteiger partial charge on any atom is 0.326 e. The monoisotopic (exact) mass is 475 g/mol. The summed E-state index contributed by atoms with van der Waals surface area (Å²) in [6, 6.07) is 3.64. The highest BCUT2D eigenvalue weighted by Gasteiger charge is 2.43. The van der Waals surface area contributed by atoms with Crippen LogP contribution >= 0.6 is 0 Å². The van der Waals surface area contributed by atoms with Gasteiger partial charge in [0.05, 0.1) is 6.04 Å². The Kier molecular flexibility index (Phi) is 7.63. The van der Waals surface area contributed by atoms with Gasteiger partial charge in [0.25, 0.3) is 11.8 Å². The van der Waals surface area contributed by atoms with E-state index in [1.165, 1.54) is 17.0 Å². The molecule has 0 radical (unpaired) electrons. The predicted molar refractivity (Wildman–Crippen MR) is 118 cm³/mol. The first-order valence-electron chi connectivity index (χ1n) is 10.4. The molecule has 2 aliphatic heterocycles. The molecule has 34 heavy (non-hydrogen) atoms. The molecule has 3 rings (SSSR count). The van der Waals surface area contributed by atoms with Gasteiger partial charge >= 0.3 is 11.9 Å². The van der Waals surface area contributed by atoms with E-state index in [0.29, 0.717) is 25.2 Å². The number of hydrogen-bond donors (Lipinski definition) is 7.